The number of hydrogen-bond acceptors (Lipinski definition) is 5. The van der Waals surface area contributed by atoms with Crippen LogP contribution in [0.1, 0.15) is 5.56 Å². The van der Waals surface area contributed by atoms with Gasteiger partial charge >= 0.3 is 0 Å². The molecule has 0 saturated heterocycles. The molecule has 0 fully saturated rings. The third kappa shape index (κ3) is 2.34. The number of fused-ring (bicyclic) bond motifs is 1. The lowest BCUT2D eigenvalue weighted by Gasteiger charge is -2.08. The second kappa shape index (κ2) is 4.68. The van der Waals surface area contributed by atoms with Gasteiger partial charge in [-0.1, -0.05) is 17.7 Å². The Labute approximate surface area is 118 Å². The summed E-state index contributed by atoms with van der Waals surface area (Å²) in [5.41, 5.74) is 6.74. The number of hydrogen-bond donors (Lipinski definition) is 1. The van der Waals surface area contributed by atoms with Crippen molar-refractivity contribution in [2.75, 3.05) is 5.73 Å². The number of rotatable bonds is 2. The summed E-state index contributed by atoms with van der Waals surface area (Å²) in [6.45, 7) is 1.97. The zero-order valence-electron chi connectivity index (χ0n) is 10.1. The average Bonchev–Trinajstić information content (AvgIpc) is 2.80. The molecule has 0 unspecified atom stereocenters. The number of nitrogens with zero attached hydrogens (tertiary/aromatic N) is 2. The van der Waals surface area contributed by atoms with Crippen LogP contribution in [0.5, 0.6) is 11.6 Å². The smallest absolute Gasteiger partial charge is 0.232 e. The molecule has 3 rings (SSSR count). The largest absolute Gasteiger partial charge is 0.437 e. The third-order valence-electron chi connectivity index (χ3n) is 2.60. The van der Waals surface area contributed by atoms with Gasteiger partial charge in [-0.25, -0.2) is 4.98 Å². The first-order valence-electron chi connectivity index (χ1n) is 5.58. The summed E-state index contributed by atoms with van der Waals surface area (Å²) in [5, 5.41) is 3.29. The molecule has 0 aliphatic carbocycles. The Bertz CT molecular complexity index is 757. The van der Waals surface area contributed by atoms with E-state index in [1.54, 1.807) is 0 Å². The van der Waals surface area contributed by atoms with E-state index in [0.29, 0.717) is 16.7 Å². The van der Waals surface area contributed by atoms with E-state index >= 15 is 0 Å². The molecule has 0 atom stereocenters. The van der Waals surface area contributed by atoms with E-state index in [0.717, 1.165) is 15.8 Å². The maximum absolute atomic E-state index is 6.15. The molecule has 0 aliphatic heterocycles. The van der Waals surface area contributed by atoms with Crippen molar-refractivity contribution in [3.63, 3.8) is 0 Å². The van der Waals surface area contributed by atoms with Crippen molar-refractivity contribution in [2.45, 2.75) is 6.92 Å². The van der Waals surface area contributed by atoms with Gasteiger partial charge < -0.3 is 10.5 Å². The van der Waals surface area contributed by atoms with E-state index < -0.39 is 0 Å². The SMILES string of the molecule is Cc1ccc(Oc2nc(N)nc3sccc23)c(Cl)c1. The molecule has 0 bridgehead atoms. The first-order valence-corrected chi connectivity index (χ1v) is 6.84. The number of nitrogen functional groups attached to an aromatic ring is 1. The summed E-state index contributed by atoms with van der Waals surface area (Å²) < 4.78 is 5.76. The van der Waals surface area contributed by atoms with Crippen LogP contribution in [-0.4, -0.2) is 9.97 Å². The summed E-state index contributed by atoms with van der Waals surface area (Å²) in [7, 11) is 0. The van der Waals surface area contributed by atoms with Crippen LogP contribution in [0.3, 0.4) is 0 Å². The molecule has 0 radical (unpaired) electrons. The van der Waals surface area contributed by atoms with Crippen molar-refractivity contribution in [1.29, 1.82) is 0 Å². The Kier molecular flexibility index (Phi) is 3.00. The molecular formula is C13H10ClN3OS. The van der Waals surface area contributed by atoms with Gasteiger partial charge in [0, 0.05) is 0 Å². The standard InChI is InChI=1S/C13H10ClN3OS/c1-7-2-3-10(9(14)6-7)18-11-8-4-5-19-12(8)17-13(15)16-11/h2-6H,1H3,(H2,15,16,17). The molecule has 0 aliphatic rings. The highest BCUT2D eigenvalue weighted by Crippen LogP contribution is 2.34. The fourth-order valence-corrected chi connectivity index (χ4v) is 2.75. The summed E-state index contributed by atoms with van der Waals surface area (Å²) >= 11 is 7.64. The molecule has 0 amide bonds. The lowest BCUT2D eigenvalue weighted by atomic mass is 10.2. The van der Waals surface area contributed by atoms with Gasteiger partial charge in [-0.15, -0.1) is 11.3 Å². The summed E-state index contributed by atoms with van der Waals surface area (Å²) in [4.78, 5) is 9.07. The molecule has 0 saturated carbocycles. The number of halogens is 1. The van der Waals surface area contributed by atoms with E-state index in [9.17, 15) is 0 Å². The van der Waals surface area contributed by atoms with Crippen LogP contribution in [0.4, 0.5) is 5.95 Å². The second-order valence-corrected chi connectivity index (χ2v) is 5.36. The first kappa shape index (κ1) is 12.2. The molecule has 2 N–H and O–H groups in total. The molecule has 1 aromatic carbocycles. The normalized spacial score (nSPS) is 10.8. The Morgan fingerprint density at radius 1 is 1.26 bits per heavy atom. The minimum Gasteiger partial charge on any atom is -0.437 e. The number of aromatic nitrogens is 2. The quantitative estimate of drug-likeness (QED) is 0.774. The number of benzene rings is 1. The molecule has 96 valence electrons. The van der Waals surface area contributed by atoms with Gasteiger partial charge in [-0.2, -0.15) is 4.98 Å². The fourth-order valence-electron chi connectivity index (χ4n) is 1.71. The molecule has 4 nitrogen and oxygen atoms in total. The lowest BCUT2D eigenvalue weighted by molar-refractivity contribution is 0.469. The molecule has 2 heterocycles. The van der Waals surface area contributed by atoms with Gasteiger partial charge in [-0.3, -0.25) is 0 Å². The van der Waals surface area contributed by atoms with Crippen LogP contribution < -0.4 is 10.5 Å². The number of thiophene rings is 1. The van der Waals surface area contributed by atoms with Gasteiger partial charge in [0.15, 0.2) is 0 Å². The van der Waals surface area contributed by atoms with E-state index in [-0.39, 0.29) is 5.95 Å². The van der Waals surface area contributed by atoms with Gasteiger partial charge in [0.05, 0.1) is 10.4 Å². The Hall–Kier alpha value is -1.85. The minimum absolute atomic E-state index is 0.188. The molecule has 2 aromatic heterocycles. The third-order valence-corrected chi connectivity index (χ3v) is 3.70. The summed E-state index contributed by atoms with van der Waals surface area (Å²) in [6.07, 6.45) is 0. The van der Waals surface area contributed by atoms with E-state index in [1.807, 2.05) is 36.6 Å². The van der Waals surface area contributed by atoms with Crippen LogP contribution in [0, 0.1) is 6.92 Å². The fraction of sp³-hybridized carbons (Fsp3) is 0.0769. The highest BCUT2D eigenvalue weighted by molar-refractivity contribution is 7.16. The van der Waals surface area contributed by atoms with Crippen LogP contribution in [-0.2, 0) is 0 Å². The van der Waals surface area contributed by atoms with Crippen molar-refractivity contribution in [3.8, 4) is 11.6 Å². The van der Waals surface area contributed by atoms with Crippen molar-refractivity contribution in [1.82, 2.24) is 9.97 Å². The zero-order valence-corrected chi connectivity index (χ0v) is 11.6. The molecule has 19 heavy (non-hydrogen) atoms. The molecule has 0 spiro atoms. The van der Waals surface area contributed by atoms with Crippen molar-refractivity contribution in [3.05, 3.63) is 40.2 Å². The summed E-state index contributed by atoms with van der Waals surface area (Å²) in [5.74, 6) is 1.17. The van der Waals surface area contributed by atoms with Crippen LogP contribution >= 0.6 is 22.9 Å². The zero-order chi connectivity index (χ0) is 13.4. The monoisotopic (exact) mass is 291 g/mol. The van der Waals surface area contributed by atoms with Crippen molar-refractivity contribution < 1.29 is 4.74 Å². The highest BCUT2D eigenvalue weighted by atomic mass is 35.5. The molecular weight excluding hydrogens is 282 g/mol. The number of ether oxygens (including phenoxy) is 1. The number of anilines is 1. The van der Waals surface area contributed by atoms with Crippen LogP contribution in [0.15, 0.2) is 29.6 Å². The van der Waals surface area contributed by atoms with Gasteiger partial charge in [-0.05, 0) is 36.1 Å². The van der Waals surface area contributed by atoms with Crippen molar-refractivity contribution in [2.24, 2.45) is 0 Å². The Balaban J connectivity index is 2.07. The maximum Gasteiger partial charge on any atom is 0.232 e. The lowest BCUT2D eigenvalue weighted by Crippen LogP contribution is -1.97. The Morgan fingerprint density at radius 2 is 2.11 bits per heavy atom. The topological polar surface area (TPSA) is 61.0 Å². The van der Waals surface area contributed by atoms with E-state index in [1.165, 1.54) is 11.3 Å². The number of aryl methyl sites for hydroxylation is 1. The first-order chi connectivity index (χ1) is 9.13. The molecule has 6 heteroatoms. The predicted molar refractivity (Wildman–Crippen MR) is 78.1 cm³/mol. The van der Waals surface area contributed by atoms with Crippen LogP contribution in [0.25, 0.3) is 10.2 Å². The molecule has 3 aromatic rings. The number of nitrogens with two attached hydrogens (primary N) is 1. The van der Waals surface area contributed by atoms with Crippen LogP contribution in [0.2, 0.25) is 5.02 Å². The van der Waals surface area contributed by atoms with Gasteiger partial charge in [0.1, 0.15) is 10.6 Å². The maximum atomic E-state index is 6.15. The van der Waals surface area contributed by atoms with Crippen molar-refractivity contribution >= 4 is 39.1 Å². The van der Waals surface area contributed by atoms with Gasteiger partial charge in [0.25, 0.3) is 0 Å². The average molecular weight is 292 g/mol. The van der Waals surface area contributed by atoms with Gasteiger partial charge in [0.2, 0.25) is 11.8 Å². The Morgan fingerprint density at radius 3 is 2.89 bits per heavy atom. The van der Waals surface area contributed by atoms with E-state index in [4.69, 9.17) is 22.1 Å². The minimum atomic E-state index is 0.188. The second-order valence-electron chi connectivity index (χ2n) is 4.06. The predicted octanol–water partition coefficient (Wildman–Crippen LogP) is 4.03. The summed E-state index contributed by atoms with van der Waals surface area (Å²) in [6, 6.07) is 7.48. The van der Waals surface area contributed by atoms with E-state index in [2.05, 4.69) is 9.97 Å². The highest BCUT2D eigenvalue weighted by Gasteiger charge is 2.11.